The Morgan fingerprint density at radius 3 is 2.74 bits per heavy atom. The second-order valence-electron chi connectivity index (χ2n) is 4.41. The Morgan fingerprint density at radius 2 is 2.05 bits per heavy atom. The van der Waals surface area contributed by atoms with E-state index >= 15 is 0 Å². The zero-order valence-corrected chi connectivity index (χ0v) is 11.3. The minimum Gasteiger partial charge on any atom is -0.365 e. The van der Waals surface area contributed by atoms with Crippen LogP contribution in [0.3, 0.4) is 0 Å². The predicted octanol–water partition coefficient (Wildman–Crippen LogP) is 1.04. The standard InChI is InChI=1S/C13H19N5O/c1-3-8-18-10-7-16-12(13(18)19)15-5-4-11-14-6-9-17(11)2/h6-7,9-10H,3-5,8H2,1-2H3,(H,15,16). The van der Waals surface area contributed by atoms with Gasteiger partial charge in [0, 0.05) is 51.3 Å². The summed E-state index contributed by atoms with van der Waals surface area (Å²) in [5.74, 6) is 1.39. The Kier molecular flexibility index (Phi) is 4.33. The van der Waals surface area contributed by atoms with Crippen LogP contribution < -0.4 is 10.9 Å². The highest BCUT2D eigenvalue weighted by atomic mass is 16.1. The quantitative estimate of drug-likeness (QED) is 0.844. The van der Waals surface area contributed by atoms with Gasteiger partial charge in [-0.05, 0) is 6.42 Å². The lowest BCUT2D eigenvalue weighted by Gasteiger charge is -2.08. The molecule has 1 N–H and O–H groups in total. The molecule has 0 aliphatic rings. The average Bonchev–Trinajstić information content (AvgIpc) is 2.80. The summed E-state index contributed by atoms with van der Waals surface area (Å²) in [5.41, 5.74) is -0.0656. The maximum Gasteiger partial charge on any atom is 0.293 e. The maximum absolute atomic E-state index is 12.0. The number of nitrogens with zero attached hydrogens (tertiary/aromatic N) is 4. The number of aryl methyl sites for hydroxylation is 2. The first-order valence-electron chi connectivity index (χ1n) is 6.48. The summed E-state index contributed by atoms with van der Waals surface area (Å²) in [6.07, 6.45) is 8.73. The van der Waals surface area contributed by atoms with Gasteiger partial charge in [0.2, 0.25) is 0 Å². The van der Waals surface area contributed by atoms with E-state index in [9.17, 15) is 4.79 Å². The molecule has 0 atom stereocenters. The van der Waals surface area contributed by atoms with Crippen LogP contribution in [0.5, 0.6) is 0 Å². The summed E-state index contributed by atoms with van der Waals surface area (Å²) in [4.78, 5) is 20.4. The Morgan fingerprint density at radius 1 is 1.26 bits per heavy atom. The first-order valence-corrected chi connectivity index (χ1v) is 6.48. The molecule has 6 heteroatoms. The van der Waals surface area contributed by atoms with Gasteiger partial charge in [0.25, 0.3) is 5.56 Å². The van der Waals surface area contributed by atoms with Crippen molar-refractivity contribution in [1.29, 1.82) is 0 Å². The first kappa shape index (κ1) is 13.3. The van der Waals surface area contributed by atoms with E-state index in [1.54, 1.807) is 23.2 Å². The van der Waals surface area contributed by atoms with Crippen LogP contribution in [0.25, 0.3) is 0 Å². The normalized spacial score (nSPS) is 10.6. The molecule has 0 saturated heterocycles. The largest absolute Gasteiger partial charge is 0.365 e. The molecule has 6 nitrogen and oxygen atoms in total. The highest BCUT2D eigenvalue weighted by Gasteiger charge is 2.04. The van der Waals surface area contributed by atoms with E-state index in [1.807, 2.05) is 24.7 Å². The van der Waals surface area contributed by atoms with Gasteiger partial charge in [-0.3, -0.25) is 4.79 Å². The molecule has 0 bridgehead atoms. The highest BCUT2D eigenvalue weighted by molar-refractivity contribution is 5.30. The van der Waals surface area contributed by atoms with E-state index in [0.29, 0.717) is 12.4 Å². The van der Waals surface area contributed by atoms with Crippen molar-refractivity contribution < 1.29 is 0 Å². The minimum atomic E-state index is -0.0656. The van der Waals surface area contributed by atoms with Crippen molar-refractivity contribution >= 4 is 5.82 Å². The van der Waals surface area contributed by atoms with E-state index in [0.717, 1.165) is 25.2 Å². The summed E-state index contributed by atoms with van der Waals surface area (Å²) < 4.78 is 3.64. The fraction of sp³-hybridized carbons (Fsp3) is 0.462. The SMILES string of the molecule is CCCn1ccnc(NCCc2nccn2C)c1=O. The van der Waals surface area contributed by atoms with Gasteiger partial charge in [0.05, 0.1) is 0 Å². The van der Waals surface area contributed by atoms with Crippen LogP contribution in [-0.2, 0) is 20.0 Å². The van der Waals surface area contributed by atoms with Crippen molar-refractivity contribution in [2.75, 3.05) is 11.9 Å². The lowest BCUT2D eigenvalue weighted by Crippen LogP contribution is -2.25. The smallest absolute Gasteiger partial charge is 0.293 e. The third-order valence-electron chi connectivity index (χ3n) is 2.94. The maximum atomic E-state index is 12.0. The Balaban J connectivity index is 1.98. The monoisotopic (exact) mass is 261 g/mol. The molecule has 0 aromatic carbocycles. The minimum absolute atomic E-state index is 0.0656. The van der Waals surface area contributed by atoms with Gasteiger partial charge in [0.1, 0.15) is 5.82 Å². The van der Waals surface area contributed by atoms with E-state index in [4.69, 9.17) is 0 Å². The van der Waals surface area contributed by atoms with E-state index < -0.39 is 0 Å². The number of nitrogens with one attached hydrogen (secondary N) is 1. The Hall–Kier alpha value is -2.11. The number of rotatable bonds is 6. The molecule has 0 unspecified atom stereocenters. The van der Waals surface area contributed by atoms with Crippen molar-refractivity contribution in [3.05, 3.63) is 41.0 Å². The lowest BCUT2D eigenvalue weighted by molar-refractivity contribution is 0.649. The van der Waals surface area contributed by atoms with E-state index in [2.05, 4.69) is 15.3 Å². The van der Waals surface area contributed by atoms with Gasteiger partial charge in [0.15, 0.2) is 5.82 Å². The fourth-order valence-electron chi connectivity index (χ4n) is 1.92. The molecule has 2 aromatic heterocycles. The average molecular weight is 261 g/mol. The lowest BCUT2D eigenvalue weighted by atomic mass is 10.4. The molecule has 0 aliphatic heterocycles. The molecular weight excluding hydrogens is 242 g/mol. The van der Waals surface area contributed by atoms with Crippen LogP contribution in [-0.4, -0.2) is 25.6 Å². The molecule has 2 rings (SSSR count). The molecule has 0 amide bonds. The molecule has 0 saturated carbocycles. The van der Waals surface area contributed by atoms with Crippen LogP contribution in [0.4, 0.5) is 5.82 Å². The van der Waals surface area contributed by atoms with Gasteiger partial charge in [-0.1, -0.05) is 6.92 Å². The zero-order chi connectivity index (χ0) is 13.7. The molecule has 0 radical (unpaired) electrons. The second kappa shape index (κ2) is 6.17. The Labute approximate surface area is 112 Å². The topological polar surface area (TPSA) is 64.7 Å². The van der Waals surface area contributed by atoms with E-state index in [-0.39, 0.29) is 5.56 Å². The summed E-state index contributed by atoms with van der Waals surface area (Å²) in [6.45, 7) is 3.40. The molecule has 102 valence electrons. The third-order valence-corrected chi connectivity index (χ3v) is 2.94. The van der Waals surface area contributed by atoms with Gasteiger partial charge in [-0.2, -0.15) is 0 Å². The van der Waals surface area contributed by atoms with Crippen LogP contribution in [0.1, 0.15) is 19.2 Å². The molecule has 2 aromatic rings. The fourth-order valence-corrected chi connectivity index (χ4v) is 1.92. The molecular formula is C13H19N5O. The number of hydrogen-bond donors (Lipinski definition) is 1. The van der Waals surface area contributed by atoms with Crippen molar-refractivity contribution in [3.8, 4) is 0 Å². The molecule has 2 heterocycles. The van der Waals surface area contributed by atoms with Crippen LogP contribution in [0.2, 0.25) is 0 Å². The van der Waals surface area contributed by atoms with E-state index in [1.165, 1.54) is 0 Å². The van der Waals surface area contributed by atoms with Crippen molar-refractivity contribution in [2.45, 2.75) is 26.3 Å². The van der Waals surface area contributed by atoms with Crippen LogP contribution >= 0.6 is 0 Å². The summed E-state index contributed by atoms with van der Waals surface area (Å²) in [6, 6.07) is 0. The highest BCUT2D eigenvalue weighted by Crippen LogP contribution is 1.98. The summed E-state index contributed by atoms with van der Waals surface area (Å²) in [7, 11) is 1.96. The van der Waals surface area contributed by atoms with Gasteiger partial charge >= 0.3 is 0 Å². The van der Waals surface area contributed by atoms with Gasteiger partial charge in [-0.25, -0.2) is 9.97 Å². The zero-order valence-electron chi connectivity index (χ0n) is 11.3. The predicted molar refractivity (Wildman–Crippen MR) is 74.2 cm³/mol. The molecule has 19 heavy (non-hydrogen) atoms. The molecule has 0 fully saturated rings. The van der Waals surface area contributed by atoms with Crippen LogP contribution in [0.15, 0.2) is 29.6 Å². The number of hydrogen-bond acceptors (Lipinski definition) is 4. The molecule has 0 spiro atoms. The number of anilines is 1. The van der Waals surface area contributed by atoms with Crippen molar-refractivity contribution in [1.82, 2.24) is 19.1 Å². The first-order chi connectivity index (χ1) is 9.22. The van der Waals surface area contributed by atoms with Crippen molar-refractivity contribution in [3.63, 3.8) is 0 Å². The molecule has 0 aliphatic carbocycles. The van der Waals surface area contributed by atoms with Gasteiger partial charge in [-0.15, -0.1) is 0 Å². The number of imidazole rings is 1. The number of aromatic nitrogens is 4. The third kappa shape index (κ3) is 3.21. The van der Waals surface area contributed by atoms with Gasteiger partial charge < -0.3 is 14.5 Å². The van der Waals surface area contributed by atoms with Crippen LogP contribution in [0, 0.1) is 0 Å². The summed E-state index contributed by atoms with van der Waals surface area (Å²) >= 11 is 0. The second-order valence-corrected chi connectivity index (χ2v) is 4.41. The van der Waals surface area contributed by atoms with Crippen molar-refractivity contribution in [2.24, 2.45) is 7.05 Å². The summed E-state index contributed by atoms with van der Waals surface area (Å²) in [5, 5.41) is 3.08. The Bertz CT molecular complexity index is 587.